The number of likely N-dealkylation sites (tertiary alicyclic amines) is 1. The molecule has 0 radical (unpaired) electrons. The number of fused-ring (bicyclic) bond motifs is 1. The Balaban J connectivity index is 1.98. The predicted octanol–water partition coefficient (Wildman–Crippen LogP) is 0.269. The molecule has 1 N–H and O–H groups in total. The topological polar surface area (TPSA) is 40.5 Å². The van der Waals surface area contributed by atoms with Crippen LogP contribution in [0.3, 0.4) is 0 Å². The van der Waals surface area contributed by atoms with Crippen molar-refractivity contribution in [3.63, 3.8) is 0 Å². The first kappa shape index (κ1) is 7.10. The van der Waals surface area contributed by atoms with Crippen molar-refractivity contribution < 1.29 is 9.90 Å². The molecule has 0 amide bonds. The standard InChI is InChI=1S/C8H13NO2/c1-9-3-2-5-6(4-9)7(5)8(10)11/h5-7H,2-4H2,1H3,(H,10,11). The molecule has 2 aliphatic rings. The van der Waals surface area contributed by atoms with Crippen LogP contribution in [0.5, 0.6) is 0 Å². The molecule has 3 atom stereocenters. The lowest BCUT2D eigenvalue weighted by atomic mass is 10.1. The average Bonchev–Trinajstić information content (AvgIpc) is 2.60. The van der Waals surface area contributed by atoms with Crippen molar-refractivity contribution in [3.8, 4) is 0 Å². The Morgan fingerprint density at radius 2 is 2.27 bits per heavy atom. The zero-order valence-corrected chi connectivity index (χ0v) is 6.66. The van der Waals surface area contributed by atoms with Crippen LogP contribution in [0, 0.1) is 17.8 Å². The van der Waals surface area contributed by atoms with E-state index < -0.39 is 5.97 Å². The van der Waals surface area contributed by atoms with Gasteiger partial charge >= 0.3 is 5.97 Å². The second-order valence-electron chi connectivity index (χ2n) is 3.74. The third kappa shape index (κ3) is 1.03. The Bertz CT molecular complexity index is 193. The SMILES string of the molecule is CN1CCC2C(C1)C2C(=O)O. The van der Waals surface area contributed by atoms with E-state index in [1.165, 1.54) is 0 Å². The van der Waals surface area contributed by atoms with Crippen molar-refractivity contribution >= 4 is 5.97 Å². The number of nitrogens with zero attached hydrogens (tertiary/aromatic N) is 1. The van der Waals surface area contributed by atoms with E-state index in [9.17, 15) is 4.79 Å². The van der Waals surface area contributed by atoms with Crippen LogP contribution < -0.4 is 0 Å². The number of carboxylic acids is 1. The molecule has 2 fully saturated rings. The summed E-state index contributed by atoms with van der Waals surface area (Å²) in [6.45, 7) is 2.06. The zero-order valence-electron chi connectivity index (χ0n) is 6.66. The summed E-state index contributed by atoms with van der Waals surface area (Å²) in [4.78, 5) is 12.8. The van der Waals surface area contributed by atoms with Gasteiger partial charge in [-0.3, -0.25) is 4.79 Å². The largest absolute Gasteiger partial charge is 0.481 e. The molecule has 0 aromatic heterocycles. The summed E-state index contributed by atoms with van der Waals surface area (Å²) in [6, 6.07) is 0. The highest BCUT2D eigenvalue weighted by Gasteiger charge is 2.56. The Morgan fingerprint density at radius 1 is 1.55 bits per heavy atom. The van der Waals surface area contributed by atoms with Crippen LogP contribution in [0.4, 0.5) is 0 Å². The van der Waals surface area contributed by atoms with E-state index >= 15 is 0 Å². The molecule has 11 heavy (non-hydrogen) atoms. The molecule has 62 valence electrons. The molecule has 0 aromatic carbocycles. The van der Waals surface area contributed by atoms with Gasteiger partial charge in [0.1, 0.15) is 0 Å². The molecule has 0 spiro atoms. The minimum Gasteiger partial charge on any atom is -0.481 e. The fourth-order valence-electron chi connectivity index (χ4n) is 2.27. The van der Waals surface area contributed by atoms with Crippen molar-refractivity contribution in [1.82, 2.24) is 4.90 Å². The normalized spacial score (nSPS) is 43.2. The summed E-state index contributed by atoms with van der Waals surface area (Å²) in [7, 11) is 2.06. The summed E-state index contributed by atoms with van der Waals surface area (Å²) < 4.78 is 0. The van der Waals surface area contributed by atoms with Gasteiger partial charge in [-0.05, 0) is 31.8 Å². The Morgan fingerprint density at radius 3 is 2.82 bits per heavy atom. The first-order chi connectivity index (χ1) is 5.20. The summed E-state index contributed by atoms with van der Waals surface area (Å²) in [5, 5.41) is 8.75. The Labute approximate surface area is 66.0 Å². The molecule has 0 aromatic rings. The van der Waals surface area contributed by atoms with Gasteiger partial charge in [0.25, 0.3) is 0 Å². The van der Waals surface area contributed by atoms with Crippen LogP contribution in [0.2, 0.25) is 0 Å². The number of aliphatic carboxylic acids is 1. The first-order valence-electron chi connectivity index (χ1n) is 4.11. The molecule has 1 aliphatic carbocycles. The van der Waals surface area contributed by atoms with Gasteiger partial charge in [0.15, 0.2) is 0 Å². The molecule has 3 heteroatoms. The third-order valence-electron chi connectivity index (χ3n) is 2.98. The lowest BCUT2D eigenvalue weighted by Gasteiger charge is -2.20. The first-order valence-corrected chi connectivity index (χ1v) is 4.11. The maximum Gasteiger partial charge on any atom is 0.307 e. The second kappa shape index (κ2) is 2.21. The minimum absolute atomic E-state index is 0.0139. The monoisotopic (exact) mass is 155 g/mol. The van der Waals surface area contributed by atoms with E-state index in [1.54, 1.807) is 0 Å². The predicted molar refractivity (Wildman–Crippen MR) is 40.2 cm³/mol. The molecular weight excluding hydrogens is 142 g/mol. The van der Waals surface area contributed by atoms with E-state index in [0.29, 0.717) is 11.8 Å². The quantitative estimate of drug-likeness (QED) is 0.591. The molecule has 0 bridgehead atoms. The maximum atomic E-state index is 10.6. The number of hydrogen-bond acceptors (Lipinski definition) is 2. The number of rotatable bonds is 1. The van der Waals surface area contributed by atoms with Gasteiger partial charge in [0.2, 0.25) is 0 Å². The summed E-state index contributed by atoms with van der Waals surface area (Å²) in [6.07, 6.45) is 1.08. The van der Waals surface area contributed by atoms with Gasteiger partial charge in [-0.25, -0.2) is 0 Å². The fourth-order valence-corrected chi connectivity index (χ4v) is 2.27. The Hall–Kier alpha value is -0.570. The molecule has 1 aliphatic heterocycles. The molecule has 1 heterocycles. The van der Waals surface area contributed by atoms with Crippen LogP contribution in [0.25, 0.3) is 0 Å². The van der Waals surface area contributed by atoms with Crippen molar-refractivity contribution in [2.45, 2.75) is 6.42 Å². The van der Waals surface area contributed by atoms with Crippen molar-refractivity contribution in [1.29, 1.82) is 0 Å². The van der Waals surface area contributed by atoms with E-state index in [-0.39, 0.29) is 5.92 Å². The lowest BCUT2D eigenvalue weighted by Crippen LogP contribution is -2.27. The fraction of sp³-hybridized carbons (Fsp3) is 0.875. The number of carbonyl (C=O) groups is 1. The summed E-state index contributed by atoms with van der Waals surface area (Å²) in [5.41, 5.74) is 0. The molecular formula is C8H13NO2. The lowest BCUT2D eigenvalue weighted by molar-refractivity contribution is -0.139. The maximum absolute atomic E-state index is 10.6. The summed E-state index contributed by atoms with van der Waals surface area (Å²) >= 11 is 0. The van der Waals surface area contributed by atoms with Gasteiger partial charge in [0.05, 0.1) is 5.92 Å². The third-order valence-corrected chi connectivity index (χ3v) is 2.98. The van der Waals surface area contributed by atoms with Crippen LogP contribution in [-0.2, 0) is 4.79 Å². The Kier molecular flexibility index (Phi) is 1.42. The van der Waals surface area contributed by atoms with Crippen molar-refractivity contribution in [2.24, 2.45) is 17.8 Å². The highest BCUT2D eigenvalue weighted by atomic mass is 16.4. The highest BCUT2D eigenvalue weighted by Crippen LogP contribution is 2.51. The smallest absolute Gasteiger partial charge is 0.307 e. The number of carboxylic acid groups (broad SMARTS) is 1. The molecule has 1 saturated heterocycles. The molecule has 2 rings (SSSR count). The van der Waals surface area contributed by atoms with Gasteiger partial charge < -0.3 is 10.0 Å². The molecule has 1 saturated carbocycles. The van der Waals surface area contributed by atoms with Gasteiger partial charge in [0, 0.05) is 6.54 Å². The second-order valence-corrected chi connectivity index (χ2v) is 3.74. The van der Waals surface area contributed by atoms with E-state index in [1.807, 2.05) is 0 Å². The van der Waals surface area contributed by atoms with Crippen LogP contribution in [0.1, 0.15) is 6.42 Å². The summed E-state index contributed by atoms with van der Waals surface area (Å²) in [5.74, 6) is 0.366. The van der Waals surface area contributed by atoms with Crippen LogP contribution >= 0.6 is 0 Å². The van der Waals surface area contributed by atoms with E-state index in [0.717, 1.165) is 19.5 Å². The van der Waals surface area contributed by atoms with Gasteiger partial charge in [-0.1, -0.05) is 0 Å². The number of piperidine rings is 1. The van der Waals surface area contributed by atoms with Crippen LogP contribution in [0.15, 0.2) is 0 Å². The minimum atomic E-state index is -0.588. The highest BCUT2D eigenvalue weighted by molar-refractivity contribution is 5.74. The van der Waals surface area contributed by atoms with E-state index in [2.05, 4.69) is 11.9 Å². The number of hydrogen-bond donors (Lipinski definition) is 1. The van der Waals surface area contributed by atoms with Gasteiger partial charge in [-0.15, -0.1) is 0 Å². The molecule has 3 nitrogen and oxygen atoms in total. The van der Waals surface area contributed by atoms with Crippen LogP contribution in [-0.4, -0.2) is 36.1 Å². The zero-order chi connectivity index (χ0) is 8.01. The van der Waals surface area contributed by atoms with E-state index in [4.69, 9.17) is 5.11 Å². The molecule has 3 unspecified atom stereocenters. The van der Waals surface area contributed by atoms with Crippen molar-refractivity contribution in [2.75, 3.05) is 20.1 Å². The average molecular weight is 155 g/mol. The van der Waals surface area contributed by atoms with Crippen molar-refractivity contribution in [3.05, 3.63) is 0 Å². The van der Waals surface area contributed by atoms with Gasteiger partial charge in [-0.2, -0.15) is 0 Å².